The second-order valence-electron chi connectivity index (χ2n) is 7.75. The number of fused-ring (bicyclic) bond motifs is 1. The molecule has 0 unspecified atom stereocenters. The minimum atomic E-state index is 0.821. The van der Waals surface area contributed by atoms with Crippen LogP contribution in [0.4, 0.5) is 0 Å². The molecule has 0 saturated carbocycles. The summed E-state index contributed by atoms with van der Waals surface area (Å²) in [5.41, 5.74) is 9.60. The third kappa shape index (κ3) is 4.37. The summed E-state index contributed by atoms with van der Waals surface area (Å²) in [5.74, 6) is 1.64. The first-order valence-electron chi connectivity index (χ1n) is 10.3. The van der Waals surface area contributed by atoms with E-state index in [0.717, 1.165) is 42.7 Å². The van der Waals surface area contributed by atoms with Crippen LogP contribution in [0.15, 0.2) is 60.7 Å². The van der Waals surface area contributed by atoms with Crippen molar-refractivity contribution in [2.24, 2.45) is 0 Å². The normalized spacial score (nSPS) is 14.1. The van der Waals surface area contributed by atoms with Gasteiger partial charge in [0.1, 0.15) is 11.5 Å². The summed E-state index contributed by atoms with van der Waals surface area (Å²) in [6.45, 7) is 2.14. The van der Waals surface area contributed by atoms with Crippen LogP contribution in [0.3, 0.4) is 0 Å². The lowest BCUT2D eigenvalue weighted by Gasteiger charge is -2.12. The number of hydrogen-bond donors (Lipinski definition) is 0. The second kappa shape index (κ2) is 8.57. The summed E-state index contributed by atoms with van der Waals surface area (Å²) in [4.78, 5) is 0. The highest BCUT2D eigenvalue weighted by Crippen LogP contribution is 2.37. The van der Waals surface area contributed by atoms with E-state index in [1.807, 2.05) is 6.07 Å². The average Bonchev–Trinajstić information content (AvgIpc) is 3.16. The number of rotatable bonds is 6. The minimum absolute atomic E-state index is 0.821. The number of allylic oxidation sites excluding steroid dienone is 1. The third-order valence-corrected chi connectivity index (χ3v) is 5.74. The Kier molecular flexibility index (Phi) is 5.71. The van der Waals surface area contributed by atoms with Gasteiger partial charge >= 0.3 is 0 Å². The molecule has 3 aromatic carbocycles. The van der Waals surface area contributed by atoms with Crippen molar-refractivity contribution >= 4 is 11.6 Å². The van der Waals surface area contributed by atoms with Crippen LogP contribution in [-0.2, 0) is 19.3 Å². The molecule has 2 nitrogen and oxygen atoms in total. The first-order valence-corrected chi connectivity index (χ1v) is 10.3. The number of hydrogen-bond acceptors (Lipinski definition) is 2. The van der Waals surface area contributed by atoms with E-state index in [2.05, 4.69) is 67.6 Å². The van der Waals surface area contributed by atoms with Gasteiger partial charge in [0.15, 0.2) is 0 Å². The largest absolute Gasteiger partial charge is 0.497 e. The molecule has 0 aromatic heterocycles. The van der Waals surface area contributed by atoms with Crippen molar-refractivity contribution in [1.82, 2.24) is 0 Å². The van der Waals surface area contributed by atoms with E-state index in [4.69, 9.17) is 9.47 Å². The Morgan fingerprint density at radius 1 is 0.828 bits per heavy atom. The maximum absolute atomic E-state index is 5.44. The summed E-state index contributed by atoms with van der Waals surface area (Å²) in [6.07, 6.45) is 6.62. The zero-order valence-corrected chi connectivity index (χ0v) is 17.5. The molecule has 1 aliphatic carbocycles. The molecule has 0 bridgehead atoms. The van der Waals surface area contributed by atoms with E-state index < -0.39 is 0 Å². The summed E-state index contributed by atoms with van der Waals surface area (Å²) in [5, 5.41) is 0. The molecule has 0 heterocycles. The molecule has 0 radical (unpaired) electrons. The molecule has 0 fully saturated rings. The quantitative estimate of drug-likeness (QED) is 0.498. The average molecular weight is 385 g/mol. The van der Waals surface area contributed by atoms with Gasteiger partial charge in [0, 0.05) is 6.07 Å². The van der Waals surface area contributed by atoms with Gasteiger partial charge in [-0.2, -0.15) is 0 Å². The maximum Gasteiger partial charge on any atom is 0.123 e. The predicted molar refractivity (Wildman–Crippen MR) is 121 cm³/mol. The Bertz CT molecular complexity index is 1010. The zero-order chi connectivity index (χ0) is 20.2. The van der Waals surface area contributed by atoms with E-state index in [-0.39, 0.29) is 0 Å². The number of benzene rings is 3. The molecule has 0 spiro atoms. The lowest BCUT2D eigenvalue weighted by molar-refractivity contribution is 0.394. The highest BCUT2D eigenvalue weighted by Gasteiger charge is 2.19. The molecule has 0 saturated heterocycles. The standard InChI is InChI=1S/C27H28O2/c1-19-7-9-20(10-8-19)11-12-22-5-4-6-23-13-14-24(27(22)23)15-21-16-25(28-2)18-26(17-21)29-3/h4-10,15-18H,11-14H2,1-3H3/b24-15+. The lowest BCUT2D eigenvalue weighted by atomic mass is 9.94. The van der Waals surface area contributed by atoms with Gasteiger partial charge in [-0.05, 0) is 78.1 Å². The van der Waals surface area contributed by atoms with Crippen molar-refractivity contribution in [3.63, 3.8) is 0 Å². The number of aryl methyl sites for hydroxylation is 4. The summed E-state index contributed by atoms with van der Waals surface area (Å²) in [7, 11) is 3.39. The third-order valence-electron chi connectivity index (χ3n) is 5.74. The molecule has 29 heavy (non-hydrogen) atoms. The SMILES string of the molecule is COc1cc(/C=C2\CCc3cccc(CCc4ccc(C)cc4)c32)cc(OC)c1. The monoisotopic (exact) mass is 384 g/mol. The van der Waals surface area contributed by atoms with Gasteiger partial charge in [-0.15, -0.1) is 0 Å². The maximum atomic E-state index is 5.44. The van der Waals surface area contributed by atoms with E-state index in [9.17, 15) is 0 Å². The van der Waals surface area contributed by atoms with Crippen LogP contribution >= 0.6 is 0 Å². The first kappa shape index (κ1) is 19.3. The Morgan fingerprint density at radius 2 is 1.55 bits per heavy atom. The molecule has 3 aromatic rings. The Morgan fingerprint density at radius 3 is 2.24 bits per heavy atom. The fourth-order valence-corrected chi connectivity index (χ4v) is 4.17. The van der Waals surface area contributed by atoms with Crippen molar-refractivity contribution < 1.29 is 9.47 Å². The van der Waals surface area contributed by atoms with Gasteiger partial charge in [-0.3, -0.25) is 0 Å². The lowest BCUT2D eigenvalue weighted by Crippen LogP contribution is -1.97. The molecule has 4 rings (SSSR count). The fourth-order valence-electron chi connectivity index (χ4n) is 4.17. The topological polar surface area (TPSA) is 18.5 Å². The van der Waals surface area contributed by atoms with Crippen molar-refractivity contribution in [1.29, 1.82) is 0 Å². The van der Waals surface area contributed by atoms with E-state index in [0.29, 0.717) is 0 Å². The minimum Gasteiger partial charge on any atom is -0.497 e. The summed E-state index contributed by atoms with van der Waals surface area (Å²) < 4.78 is 10.9. The highest BCUT2D eigenvalue weighted by atomic mass is 16.5. The Labute approximate surface area is 173 Å². The molecule has 0 N–H and O–H groups in total. The van der Waals surface area contributed by atoms with Crippen LogP contribution in [0.2, 0.25) is 0 Å². The van der Waals surface area contributed by atoms with Crippen LogP contribution in [0.25, 0.3) is 11.6 Å². The molecule has 148 valence electrons. The van der Waals surface area contributed by atoms with Gasteiger partial charge in [-0.1, -0.05) is 54.1 Å². The molecule has 1 aliphatic rings. The number of methoxy groups -OCH3 is 2. The van der Waals surface area contributed by atoms with Crippen LogP contribution in [0, 0.1) is 6.92 Å². The first-order chi connectivity index (χ1) is 14.2. The zero-order valence-electron chi connectivity index (χ0n) is 17.5. The molecule has 0 aliphatic heterocycles. The van der Waals surface area contributed by atoms with Gasteiger partial charge in [-0.25, -0.2) is 0 Å². The molecule has 0 atom stereocenters. The second-order valence-corrected chi connectivity index (χ2v) is 7.75. The van der Waals surface area contributed by atoms with Gasteiger partial charge in [0.2, 0.25) is 0 Å². The molecule has 0 amide bonds. The van der Waals surface area contributed by atoms with Crippen LogP contribution < -0.4 is 9.47 Å². The van der Waals surface area contributed by atoms with E-state index in [1.54, 1.807) is 14.2 Å². The smallest absolute Gasteiger partial charge is 0.123 e. The van der Waals surface area contributed by atoms with E-state index in [1.165, 1.54) is 33.4 Å². The molecule has 2 heteroatoms. The van der Waals surface area contributed by atoms with Crippen molar-refractivity contribution in [2.75, 3.05) is 14.2 Å². The van der Waals surface area contributed by atoms with Crippen LogP contribution in [0.5, 0.6) is 11.5 Å². The predicted octanol–water partition coefficient (Wildman–Crippen LogP) is 6.28. The van der Waals surface area contributed by atoms with Gasteiger partial charge in [0.05, 0.1) is 14.2 Å². The van der Waals surface area contributed by atoms with Crippen LogP contribution in [-0.4, -0.2) is 14.2 Å². The summed E-state index contributed by atoms with van der Waals surface area (Å²) >= 11 is 0. The van der Waals surface area contributed by atoms with Crippen molar-refractivity contribution in [2.45, 2.75) is 32.6 Å². The summed E-state index contributed by atoms with van der Waals surface area (Å²) in [6, 6.07) is 21.7. The van der Waals surface area contributed by atoms with Crippen molar-refractivity contribution in [3.05, 3.63) is 94.0 Å². The van der Waals surface area contributed by atoms with Gasteiger partial charge < -0.3 is 9.47 Å². The Hall–Kier alpha value is -3.00. The van der Waals surface area contributed by atoms with Crippen LogP contribution in [0.1, 0.15) is 39.8 Å². The highest BCUT2D eigenvalue weighted by molar-refractivity contribution is 5.87. The van der Waals surface area contributed by atoms with Gasteiger partial charge in [0.25, 0.3) is 0 Å². The van der Waals surface area contributed by atoms with E-state index >= 15 is 0 Å². The van der Waals surface area contributed by atoms with Crippen molar-refractivity contribution in [3.8, 4) is 11.5 Å². The molecular weight excluding hydrogens is 356 g/mol. The number of ether oxygens (including phenoxy) is 2. The fraction of sp³-hybridized carbons (Fsp3) is 0.259. The Balaban J connectivity index is 1.64. The molecular formula is C27H28O2.